The van der Waals surface area contributed by atoms with E-state index < -0.39 is 63.1 Å². The van der Waals surface area contributed by atoms with Crippen molar-refractivity contribution in [3.05, 3.63) is 92.7 Å². The molecular formula is C23H19F2N3O6. The molecule has 0 spiro atoms. The highest BCUT2D eigenvalue weighted by atomic mass is 19.1. The van der Waals surface area contributed by atoms with Crippen LogP contribution in [0.4, 0.5) is 8.78 Å². The molecule has 0 saturated heterocycles. The minimum absolute atomic E-state index is 0.0251. The van der Waals surface area contributed by atoms with Gasteiger partial charge in [0.25, 0.3) is 0 Å². The van der Waals surface area contributed by atoms with E-state index in [0.29, 0.717) is 0 Å². The summed E-state index contributed by atoms with van der Waals surface area (Å²) in [4.78, 5) is 37.6. The van der Waals surface area contributed by atoms with Crippen LogP contribution >= 0.6 is 0 Å². The lowest BCUT2D eigenvalue weighted by Crippen LogP contribution is -2.55. The third-order valence-corrected chi connectivity index (χ3v) is 5.92. The molecular weight excluding hydrogens is 452 g/mol. The van der Waals surface area contributed by atoms with Gasteiger partial charge in [-0.15, -0.1) is 0 Å². The van der Waals surface area contributed by atoms with E-state index in [1.165, 1.54) is 24.3 Å². The molecule has 176 valence electrons. The first-order chi connectivity index (χ1) is 16.1. The maximum Gasteiger partial charge on any atom is 0.336 e. The van der Waals surface area contributed by atoms with Crippen LogP contribution in [0.1, 0.15) is 23.0 Å². The monoisotopic (exact) mass is 471 g/mol. The Labute approximate surface area is 192 Å². The molecule has 2 N–H and O–H groups in total. The molecule has 9 nitrogen and oxygen atoms in total. The van der Waals surface area contributed by atoms with Crippen LogP contribution in [0.15, 0.2) is 59.8 Å². The summed E-state index contributed by atoms with van der Waals surface area (Å²) < 4.78 is 37.9. The van der Waals surface area contributed by atoms with Gasteiger partial charge in [-0.3, -0.25) is 10.1 Å². The Morgan fingerprint density at radius 2 is 1.65 bits per heavy atom. The zero-order chi connectivity index (χ0) is 25.2. The normalized spacial score (nSPS) is 24.1. The van der Waals surface area contributed by atoms with E-state index >= 15 is 0 Å². The van der Waals surface area contributed by atoms with E-state index in [9.17, 15) is 33.7 Å². The van der Waals surface area contributed by atoms with Crippen LogP contribution in [0.25, 0.3) is 0 Å². The van der Waals surface area contributed by atoms with Crippen LogP contribution in [0.5, 0.6) is 0 Å². The SMILES string of the molecule is COC(=O)C1=C(N)C(C#N)(C(=O)OC)C(c2cccc(F)c2)C([N+](=O)[O-])C1c1cccc(F)c1. The lowest BCUT2D eigenvalue weighted by atomic mass is 9.57. The third-order valence-electron chi connectivity index (χ3n) is 5.92. The van der Waals surface area contributed by atoms with Crippen LogP contribution in [-0.2, 0) is 19.1 Å². The number of nitrogens with zero attached hydrogens (tertiary/aromatic N) is 2. The largest absolute Gasteiger partial charge is 0.468 e. The topological polar surface area (TPSA) is 146 Å². The number of nitriles is 1. The van der Waals surface area contributed by atoms with Crippen LogP contribution in [0.2, 0.25) is 0 Å². The molecule has 0 heterocycles. The number of rotatable bonds is 5. The second-order valence-corrected chi connectivity index (χ2v) is 7.57. The van der Waals surface area contributed by atoms with Crippen molar-refractivity contribution < 1.29 is 32.8 Å². The first-order valence-electron chi connectivity index (χ1n) is 9.86. The van der Waals surface area contributed by atoms with Crippen molar-refractivity contribution in [1.82, 2.24) is 0 Å². The molecule has 1 aliphatic rings. The number of hydrogen-bond donors (Lipinski definition) is 1. The van der Waals surface area contributed by atoms with E-state index in [2.05, 4.69) is 0 Å². The Morgan fingerprint density at radius 1 is 1.09 bits per heavy atom. The van der Waals surface area contributed by atoms with E-state index in [1.54, 1.807) is 6.07 Å². The standard InChI is InChI=1S/C23H19F2N3O6/c1-33-21(29)17-16(12-5-3-7-14(24)9-12)19(28(31)32)18(13-6-4-8-15(25)10-13)23(11-26,20(17)27)22(30)34-2/h3-10,16,18-19H,27H2,1-2H3. The van der Waals surface area contributed by atoms with Gasteiger partial charge in [0.15, 0.2) is 0 Å². The number of carbonyl (C=O) groups excluding carboxylic acids is 2. The van der Waals surface area contributed by atoms with Gasteiger partial charge in [-0.25, -0.2) is 18.4 Å². The molecule has 0 aromatic heterocycles. The molecule has 0 fully saturated rings. The van der Waals surface area contributed by atoms with E-state index in [0.717, 1.165) is 38.5 Å². The highest BCUT2D eigenvalue weighted by molar-refractivity contribution is 5.96. The van der Waals surface area contributed by atoms with Gasteiger partial charge >= 0.3 is 11.9 Å². The Kier molecular flexibility index (Phi) is 6.63. The van der Waals surface area contributed by atoms with Gasteiger partial charge < -0.3 is 15.2 Å². The summed E-state index contributed by atoms with van der Waals surface area (Å²) in [6, 6.07) is 8.96. The number of carbonyl (C=O) groups is 2. The second kappa shape index (κ2) is 9.27. The van der Waals surface area contributed by atoms with Gasteiger partial charge in [0.05, 0.1) is 43.4 Å². The van der Waals surface area contributed by atoms with E-state index in [-0.39, 0.29) is 11.1 Å². The Bertz CT molecular complexity index is 1240. The number of hydrogen-bond acceptors (Lipinski definition) is 8. The Balaban J connectivity index is 2.54. The minimum atomic E-state index is -2.59. The zero-order valence-corrected chi connectivity index (χ0v) is 18.0. The van der Waals surface area contributed by atoms with Crippen molar-refractivity contribution in [3.8, 4) is 6.07 Å². The number of nitro groups is 1. The molecule has 0 radical (unpaired) electrons. The molecule has 2 aromatic carbocycles. The highest BCUT2D eigenvalue weighted by Crippen LogP contribution is 2.55. The molecule has 0 bridgehead atoms. The van der Waals surface area contributed by atoms with Crippen molar-refractivity contribution in [2.24, 2.45) is 11.1 Å². The summed E-state index contributed by atoms with van der Waals surface area (Å²) in [6.07, 6.45) is 0. The summed E-state index contributed by atoms with van der Waals surface area (Å²) in [7, 11) is 1.92. The molecule has 11 heteroatoms. The number of halogens is 2. The lowest BCUT2D eigenvalue weighted by Gasteiger charge is -2.42. The van der Waals surface area contributed by atoms with Crippen LogP contribution in [0.3, 0.4) is 0 Å². The number of benzene rings is 2. The summed E-state index contributed by atoms with van der Waals surface area (Å²) in [5, 5.41) is 22.7. The average molecular weight is 471 g/mol. The van der Waals surface area contributed by atoms with Crippen molar-refractivity contribution >= 4 is 11.9 Å². The Morgan fingerprint density at radius 3 is 2.12 bits per heavy atom. The van der Waals surface area contributed by atoms with Crippen molar-refractivity contribution in [2.75, 3.05) is 14.2 Å². The predicted molar refractivity (Wildman–Crippen MR) is 112 cm³/mol. The van der Waals surface area contributed by atoms with Gasteiger partial charge in [-0.05, 0) is 35.4 Å². The second-order valence-electron chi connectivity index (χ2n) is 7.57. The number of nitrogens with two attached hydrogens (primary N) is 1. The third kappa shape index (κ3) is 3.73. The summed E-state index contributed by atoms with van der Waals surface area (Å²) >= 11 is 0. The quantitative estimate of drug-likeness (QED) is 0.398. The van der Waals surface area contributed by atoms with E-state index in [4.69, 9.17) is 15.2 Å². The fourth-order valence-electron chi connectivity index (χ4n) is 4.54. The van der Waals surface area contributed by atoms with Crippen molar-refractivity contribution in [3.63, 3.8) is 0 Å². The summed E-state index contributed by atoms with van der Waals surface area (Å²) in [5.74, 6) is -7.24. The summed E-state index contributed by atoms with van der Waals surface area (Å²) in [5.41, 5.74) is 2.32. The summed E-state index contributed by atoms with van der Waals surface area (Å²) in [6.45, 7) is 0. The van der Waals surface area contributed by atoms with Crippen LogP contribution in [-0.4, -0.2) is 37.1 Å². The molecule has 1 aliphatic carbocycles. The molecule has 3 rings (SSSR count). The van der Waals surface area contributed by atoms with E-state index in [1.807, 2.05) is 0 Å². The zero-order valence-electron chi connectivity index (χ0n) is 18.0. The first-order valence-corrected chi connectivity index (χ1v) is 9.86. The van der Waals surface area contributed by atoms with Gasteiger partial charge in [-0.2, -0.15) is 5.26 Å². The van der Waals surface area contributed by atoms with Crippen LogP contribution in [0, 0.1) is 38.5 Å². The maximum absolute atomic E-state index is 14.2. The maximum atomic E-state index is 14.2. The van der Waals surface area contributed by atoms with Gasteiger partial charge in [-0.1, -0.05) is 24.3 Å². The highest BCUT2D eigenvalue weighted by Gasteiger charge is 2.65. The number of ether oxygens (including phenoxy) is 2. The lowest BCUT2D eigenvalue weighted by molar-refractivity contribution is -0.532. The molecule has 2 aromatic rings. The van der Waals surface area contributed by atoms with Gasteiger partial charge in [0.1, 0.15) is 11.6 Å². The van der Waals surface area contributed by atoms with Crippen molar-refractivity contribution in [2.45, 2.75) is 17.9 Å². The predicted octanol–water partition coefficient (Wildman–Crippen LogP) is 2.56. The fraction of sp³-hybridized carbons (Fsp3) is 0.261. The fourth-order valence-corrected chi connectivity index (χ4v) is 4.54. The van der Waals surface area contributed by atoms with Gasteiger partial charge in [0.2, 0.25) is 11.5 Å². The van der Waals surface area contributed by atoms with Crippen molar-refractivity contribution in [1.29, 1.82) is 5.26 Å². The number of esters is 2. The molecule has 0 amide bonds. The molecule has 0 saturated carbocycles. The molecule has 34 heavy (non-hydrogen) atoms. The average Bonchev–Trinajstić information content (AvgIpc) is 2.82. The van der Waals surface area contributed by atoms with Gasteiger partial charge in [0, 0.05) is 4.92 Å². The molecule has 4 atom stereocenters. The first kappa shape index (κ1) is 24.3. The molecule has 0 aliphatic heterocycles. The Hall–Kier alpha value is -4.33. The molecule has 4 unspecified atom stereocenters. The van der Waals surface area contributed by atoms with Crippen LogP contribution < -0.4 is 5.73 Å². The minimum Gasteiger partial charge on any atom is -0.468 e. The number of methoxy groups -OCH3 is 2. The smallest absolute Gasteiger partial charge is 0.336 e.